The predicted octanol–water partition coefficient (Wildman–Crippen LogP) is 6.10. The van der Waals surface area contributed by atoms with Crippen LogP contribution in [-0.2, 0) is 0 Å². The van der Waals surface area contributed by atoms with Crippen molar-refractivity contribution in [2.75, 3.05) is 6.54 Å². The molecule has 1 atom stereocenters. The van der Waals surface area contributed by atoms with Gasteiger partial charge in [0.1, 0.15) is 5.76 Å². The summed E-state index contributed by atoms with van der Waals surface area (Å²) in [5.74, 6) is 1.02. The number of para-hydroxylation sites is 1. The lowest BCUT2D eigenvalue weighted by atomic mass is 10.0. The van der Waals surface area contributed by atoms with Crippen LogP contribution in [0.4, 0.5) is 0 Å². The molecule has 0 bridgehead atoms. The number of hydrogen-bond acceptors (Lipinski definition) is 2. The van der Waals surface area contributed by atoms with Gasteiger partial charge in [0, 0.05) is 5.39 Å². The molecule has 1 N–H and O–H groups in total. The molecular weight excluding hydrogens is 282 g/mol. The van der Waals surface area contributed by atoms with Crippen LogP contribution in [0, 0.1) is 0 Å². The molecule has 116 valence electrons. The summed E-state index contributed by atoms with van der Waals surface area (Å²) < 4.78 is 6.02. The van der Waals surface area contributed by atoms with Crippen LogP contribution >= 0.6 is 11.6 Å². The van der Waals surface area contributed by atoms with E-state index in [1.54, 1.807) is 0 Å². The van der Waals surface area contributed by atoms with Gasteiger partial charge in [0.05, 0.1) is 11.1 Å². The highest BCUT2D eigenvalue weighted by molar-refractivity contribution is 6.34. The molecule has 0 saturated heterocycles. The van der Waals surface area contributed by atoms with Gasteiger partial charge in [-0.3, -0.25) is 0 Å². The zero-order chi connectivity index (χ0) is 15.1. The fourth-order valence-corrected chi connectivity index (χ4v) is 2.88. The average Bonchev–Trinajstić information content (AvgIpc) is 2.92. The van der Waals surface area contributed by atoms with Crippen molar-refractivity contribution in [1.82, 2.24) is 5.32 Å². The fraction of sp³-hybridized carbons (Fsp3) is 0.556. The maximum Gasteiger partial charge on any atom is 0.152 e. The van der Waals surface area contributed by atoms with Crippen LogP contribution in [0.25, 0.3) is 11.0 Å². The maximum absolute atomic E-state index is 6.21. The van der Waals surface area contributed by atoms with Crippen LogP contribution in [0.1, 0.15) is 64.2 Å². The van der Waals surface area contributed by atoms with Crippen molar-refractivity contribution in [2.45, 2.75) is 58.4 Å². The third-order valence-electron chi connectivity index (χ3n) is 3.85. The molecule has 1 unspecified atom stereocenters. The Morgan fingerprint density at radius 1 is 1.14 bits per heavy atom. The molecule has 0 fully saturated rings. The van der Waals surface area contributed by atoms with E-state index < -0.39 is 0 Å². The molecule has 1 aromatic heterocycles. The Labute approximate surface area is 132 Å². The Morgan fingerprint density at radius 2 is 2.00 bits per heavy atom. The Morgan fingerprint density at radius 3 is 2.71 bits per heavy atom. The second-order valence-electron chi connectivity index (χ2n) is 5.66. The molecule has 1 aromatic carbocycles. The van der Waals surface area contributed by atoms with Crippen molar-refractivity contribution in [3.63, 3.8) is 0 Å². The molecule has 0 amide bonds. The fourth-order valence-electron chi connectivity index (χ4n) is 2.66. The minimum absolute atomic E-state index is 0.297. The van der Waals surface area contributed by atoms with E-state index in [4.69, 9.17) is 16.0 Å². The highest BCUT2D eigenvalue weighted by Gasteiger charge is 2.16. The molecule has 2 aromatic rings. The van der Waals surface area contributed by atoms with Gasteiger partial charge in [-0.15, -0.1) is 0 Å². The Hall–Kier alpha value is -0.990. The molecule has 21 heavy (non-hydrogen) atoms. The van der Waals surface area contributed by atoms with Crippen molar-refractivity contribution >= 4 is 22.6 Å². The minimum atomic E-state index is 0.297. The Balaban J connectivity index is 2.11. The van der Waals surface area contributed by atoms with Crippen LogP contribution in [0.15, 0.2) is 28.7 Å². The van der Waals surface area contributed by atoms with E-state index in [-0.39, 0.29) is 0 Å². The zero-order valence-corrected chi connectivity index (χ0v) is 13.9. The first kappa shape index (κ1) is 16.4. The summed E-state index contributed by atoms with van der Waals surface area (Å²) in [5, 5.41) is 5.39. The molecule has 0 aliphatic heterocycles. The van der Waals surface area contributed by atoms with Crippen LogP contribution < -0.4 is 5.32 Å². The lowest BCUT2D eigenvalue weighted by Gasteiger charge is -2.16. The van der Waals surface area contributed by atoms with Gasteiger partial charge in [-0.05, 0) is 31.5 Å². The van der Waals surface area contributed by atoms with Gasteiger partial charge in [0.25, 0.3) is 0 Å². The quantitative estimate of drug-likeness (QED) is 0.566. The average molecular weight is 308 g/mol. The number of furan rings is 1. The largest absolute Gasteiger partial charge is 0.458 e. The van der Waals surface area contributed by atoms with Gasteiger partial charge >= 0.3 is 0 Å². The molecule has 2 nitrogen and oxygen atoms in total. The first-order valence-electron chi connectivity index (χ1n) is 8.17. The third kappa shape index (κ3) is 4.49. The predicted molar refractivity (Wildman–Crippen MR) is 91.0 cm³/mol. The number of rotatable bonds is 9. The van der Waals surface area contributed by atoms with E-state index in [1.165, 1.54) is 25.7 Å². The number of nitrogens with one attached hydrogen (secondary N) is 1. The van der Waals surface area contributed by atoms with Crippen molar-refractivity contribution in [3.8, 4) is 0 Å². The summed E-state index contributed by atoms with van der Waals surface area (Å²) in [6.07, 6.45) is 7.37. The SMILES string of the molecule is CCCCCCC(NCCC)c1cc2cccc(Cl)c2o1. The lowest BCUT2D eigenvalue weighted by Crippen LogP contribution is -2.21. The molecule has 0 spiro atoms. The van der Waals surface area contributed by atoms with E-state index in [1.807, 2.05) is 12.1 Å². The molecule has 0 aliphatic carbocycles. The van der Waals surface area contributed by atoms with Gasteiger partial charge in [0.2, 0.25) is 0 Å². The topological polar surface area (TPSA) is 25.2 Å². The van der Waals surface area contributed by atoms with Crippen molar-refractivity contribution < 1.29 is 4.42 Å². The van der Waals surface area contributed by atoms with E-state index >= 15 is 0 Å². The Bertz CT molecular complexity index is 549. The van der Waals surface area contributed by atoms with Crippen LogP contribution in [0.5, 0.6) is 0 Å². The summed E-state index contributed by atoms with van der Waals surface area (Å²) >= 11 is 6.21. The first-order chi connectivity index (χ1) is 10.3. The smallest absolute Gasteiger partial charge is 0.152 e. The highest BCUT2D eigenvalue weighted by Crippen LogP contribution is 2.31. The standard InChI is InChI=1S/C18H26ClNO/c1-3-5-6-7-11-16(20-12-4-2)17-13-14-9-8-10-15(19)18(14)21-17/h8-10,13,16,20H,3-7,11-12H2,1-2H3. The molecule has 0 aliphatic rings. The third-order valence-corrected chi connectivity index (χ3v) is 4.14. The van der Waals surface area contributed by atoms with E-state index in [0.717, 1.165) is 36.1 Å². The van der Waals surface area contributed by atoms with Crippen molar-refractivity contribution in [2.24, 2.45) is 0 Å². The minimum Gasteiger partial charge on any atom is -0.458 e. The number of unbranched alkanes of at least 4 members (excludes halogenated alkanes) is 3. The van der Waals surface area contributed by atoms with Crippen LogP contribution in [0.3, 0.4) is 0 Å². The molecule has 3 heteroatoms. The monoisotopic (exact) mass is 307 g/mol. The lowest BCUT2D eigenvalue weighted by molar-refractivity contribution is 0.397. The highest BCUT2D eigenvalue weighted by atomic mass is 35.5. The number of fused-ring (bicyclic) bond motifs is 1. The molecule has 0 saturated carbocycles. The van der Waals surface area contributed by atoms with E-state index in [9.17, 15) is 0 Å². The summed E-state index contributed by atoms with van der Waals surface area (Å²) in [7, 11) is 0. The Kier molecular flexibility index (Phi) is 6.59. The van der Waals surface area contributed by atoms with E-state index in [0.29, 0.717) is 11.1 Å². The normalized spacial score (nSPS) is 12.9. The van der Waals surface area contributed by atoms with Crippen LogP contribution in [-0.4, -0.2) is 6.54 Å². The van der Waals surface area contributed by atoms with Gasteiger partial charge in [-0.2, -0.15) is 0 Å². The first-order valence-corrected chi connectivity index (χ1v) is 8.55. The molecule has 0 radical (unpaired) electrons. The van der Waals surface area contributed by atoms with Gasteiger partial charge in [-0.25, -0.2) is 0 Å². The van der Waals surface area contributed by atoms with Crippen molar-refractivity contribution in [3.05, 3.63) is 35.0 Å². The van der Waals surface area contributed by atoms with Gasteiger partial charge in [0.15, 0.2) is 5.58 Å². The number of halogens is 1. The van der Waals surface area contributed by atoms with Gasteiger partial charge < -0.3 is 9.73 Å². The van der Waals surface area contributed by atoms with Gasteiger partial charge in [-0.1, -0.05) is 63.3 Å². The van der Waals surface area contributed by atoms with Crippen molar-refractivity contribution in [1.29, 1.82) is 0 Å². The summed E-state index contributed by atoms with van der Waals surface area (Å²) in [4.78, 5) is 0. The zero-order valence-electron chi connectivity index (χ0n) is 13.1. The number of benzene rings is 1. The molecule has 2 rings (SSSR count). The summed E-state index contributed by atoms with van der Waals surface area (Å²) in [6.45, 7) is 5.45. The second-order valence-corrected chi connectivity index (χ2v) is 6.07. The van der Waals surface area contributed by atoms with E-state index in [2.05, 4.69) is 31.3 Å². The second kappa shape index (κ2) is 8.45. The summed E-state index contributed by atoms with van der Waals surface area (Å²) in [6, 6.07) is 8.34. The van der Waals surface area contributed by atoms with Crippen LogP contribution in [0.2, 0.25) is 5.02 Å². The molecule has 1 heterocycles. The molecular formula is C18H26ClNO. The summed E-state index contributed by atoms with van der Waals surface area (Å²) in [5.41, 5.74) is 0.811. The number of hydrogen-bond donors (Lipinski definition) is 1. The maximum atomic E-state index is 6.21.